The lowest BCUT2D eigenvalue weighted by atomic mass is 9.48. The summed E-state index contributed by atoms with van der Waals surface area (Å²) in [6, 6.07) is 19.4. The number of amides is 5. The summed E-state index contributed by atoms with van der Waals surface area (Å²) in [5.41, 5.74) is 2.86. The van der Waals surface area contributed by atoms with Gasteiger partial charge >= 0.3 is 6.03 Å². The molecule has 9 nitrogen and oxygen atoms in total. The number of ether oxygens (including phenoxy) is 2. The number of hydrogen-bond acceptors (Lipinski definition) is 6. The van der Waals surface area contributed by atoms with E-state index in [1.807, 2.05) is 52.9 Å². The van der Waals surface area contributed by atoms with Crippen molar-refractivity contribution in [3.8, 4) is 11.5 Å². The maximum absolute atomic E-state index is 13.7. The van der Waals surface area contributed by atoms with E-state index in [2.05, 4.69) is 22.8 Å². The first-order valence-electron chi connectivity index (χ1n) is 15.6. The Kier molecular flexibility index (Phi) is 8.08. The van der Waals surface area contributed by atoms with E-state index in [1.165, 1.54) is 57.3 Å². The first-order chi connectivity index (χ1) is 22.2. The Morgan fingerprint density at radius 2 is 1.63 bits per heavy atom. The number of para-hydroxylation sites is 1. The van der Waals surface area contributed by atoms with E-state index < -0.39 is 17.8 Å². The topological polar surface area (TPSA) is 114 Å². The highest BCUT2D eigenvalue weighted by atomic mass is 127. The molecule has 0 spiro atoms. The lowest BCUT2D eigenvalue weighted by molar-refractivity contribution is -0.122. The summed E-state index contributed by atoms with van der Waals surface area (Å²) in [5.74, 6) is 1.27. The molecule has 5 amide bonds. The van der Waals surface area contributed by atoms with Crippen molar-refractivity contribution < 1.29 is 28.7 Å². The van der Waals surface area contributed by atoms with Gasteiger partial charge in [0, 0.05) is 5.69 Å². The van der Waals surface area contributed by atoms with Crippen molar-refractivity contribution in [3.05, 3.63) is 87.0 Å². The summed E-state index contributed by atoms with van der Waals surface area (Å²) < 4.78 is 11.9. The number of hydrogen-bond donors (Lipinski definition) is 2. The van der Waals surface area contributed by atoms with Gasteiger partial charge in [-0.15, -0.1) is 0 Å². The van der Waals surface area contributed by atoms with Crippen molar-refractivity contribution in [2.24, 2.45) is 17.8 Å². The number of benzene rings is 3. The van der Waals surface area contributed by atoms with E-state index in [9.17, 15) is 19.2 Å². The van der Waals surface area contributed by atoms with Crippen molar-refractivity contribution in [3.63, 3.8) is 0 Å². The number of methoxy groups -OCH3 is 1. The fraction of sp³-hybridized carbons (Fsp3) is 0.333. The van der Waals surface area contributed by atoms with Crippen molar-refractivity contribution in [2.45, 2.75) is 43.9 Å². The molecule has 1 heterocycles. The second-order valence-electron chi connectivity index (χ2n) is 12.9. The van der Waals surface area contributed by atoms with Crippen molar-refractivity contribution in [1.29, 1.82) is 0 Å². The third kappa shape index (κ3) is 5.78. The van der Waals surface area contributed by atoms with Crippen LogP contribution in [0.2, 0.25) is 0 Å². The zero-order valence-corrected chi connectivity index (χ0v) is 27.5. The number of halogens is 1. The van der Waals surface area contributed by atoms with E-state index >= 15 is 0 Å². The summed E-state index contributed by atoms with van der Waals surface area (Å²) in [6.07, 6.45) is 9.15. The Labute approximate surface area is 280 Å². The predicted molar refractivity (Wildman–Crippen MR) is 182 cm³/mol. The number of urea groups is 1. The third-order valence-corrected chi connectivity index (χ3v) is 10.6. The van der Waals surface area contributed by atoms with E-state index in [0.29, 0.717) is 32.0 Å². The van der Waals surface area contributed by atoms with Crippen molar-refractivity contribution >= 4 is 63.8 Å². The maximum atomic E-state index is 13.7. The van der Waals surface area contributed by atoms with Crippen LogP contribution in [0.25, 0.3) is 6.08 Å². The third-order valence-electron chi connectivity index (χ3n) is 9.85. The van der Waals surface area contributed by atoms with Gasteiger partial charge in [0.2, 0.25) is 0 Å². The molecule has 46 heavy (non-hydrogen) atoms. The van der Waals surface area contributed by atoms with Crippen molar-refractivity contribution in [2.75, 3.05) is 23.9 Å². The number of nitrogens with zero attached hydrogens (tertiary/aromatic N) is 1. The van der Waals surface area contributed by atoms with Gasteiger partial charge in [-0.25, -0.2) is 9.69 Å². The number of nitrogens with one attached hydrogen (secondary N) is 2. The highest BCUT2D eigenvalue weighted by Gasteiger charge is 2.51. The van der Waals surface area contributed by atoms with Crippen LogP contribution < -0.4 is 25.0 Å². The number of rotatable bonds is 8. The molecule has 3 aromatic rings. The summed E-state index contributed by atoms with van der Waals surface area (Å²) in [7, 11) is 1.46. The second kappa shape index (κ2) is 12.2. The molecule has 4 bridgehead atoms. The van der Waals surface area contributed by atoms with Crippen LogP contribution in [0.15, 0.2) is 72.3 Å². The molecule has 1 saturated heterocycles. The first-order valence-corrected chi connectivity index (χ1v) is 16.7. The lowest BCUT2D eigenvalue weighted by Crippen LogP contribution is -2.54. The van der Waals surface area contributed by atoms with Gasteiger partial charge in [0.15, 0.2) is 18.1 Å². The predicted octanol–water partition coefficient (Wildman–Crippen LogP) is 6.45. The summed E-state index contributed by atoms with van der Waals surface area (Å²) in [6.45, 7) is -0.249. The van der Waals surface area contributed by atoms with Gasteiger partial charge in [-0.2, -0.15) is 0 Å². The molecule has 0 radical (unpaired) electrons. The molecular formula is C36H34IN3O6. The minimum Gasteiger partial charge on any atom is -0.493 e. The van der Waals surface area contributed by atoms with Crippen LogP contribution in [-0.2, 0) is 19.8 Å². The monoisotopic (exact) mass is 731 g/mol. The van der Waals surface area contributed by atoms with Crippen LogP contribution in [0.4, 0.5) is 16.2 Å². The molecule has 0 atom stereocenters. The molecule has 236 valence electrons. The fourth-order valence-electron chi connectivity index (χ4n) is 8.31. The number of anilines is 2. The maximum Gasteiger partial charge on any atom is 0.335 e. The normalized spacial score (nSPS) is 25.9. The van der Waals surface area contributed by atoms with Gasteiger partial charge in [-0.3, -0.25) is 19.7 Å². The highest BCUT2D eigenvalue weighted by molar-refractivity contribution is 14.1. The Balaban J connectivity index is 1.09. The summed E-state index contributed by atoms with van der Waals surface area (Å²) in [5, 5.41) is 5.08. The smallest absolute Gasteiger partial charge is 0.335 e. The van der Waals surface area contributed by atoms with Gasteiger partial charge in [0.25, 0.3) is 17.7 Å². The molecule has 10 heteroatoms. The number of carbonyl (C=O) groups is 4. The van der Waals surface area contributed by atoms with Gasteiger partial charge < -0.3 is 14.8 Å². The van der Waals surface area contributed by atoms with Gasteiger partial charge in [-0.1, -0.05) is 30.3 Å². The molecule has 5 fully saturated rings. The highest BCUT2D eigenvalue weighted by Crippen LogP contribution is 2.60. The molecule has 5 aliphatic rings. The SMILES string of the molecule is COc1cc(/C=C2\C(=O)NC(=O)N(c3ccc(C45CC6CC(CC(C6)C4)C5)cc3)C2=O)cc(I)c1OCC(=O)Nc1ccccc1. The molecule has 0 unspecified atom stereocenters. The molecule has 3 aromatic carbocycles. The summed E-state index contributed by atoms with van der Waals surface area (Å²) in [4.78, 5) is 52.9. The van der Waals surface area contributed by atoms with Crippen LogP contribution >= 0.6 is 22.6 Å². The Bertz CT molecular complexity index is 1720. The fourth-order valence-corrected chi connectivity index (χ4v) is 9.09. The van der Waals surface area contributed by atoms with E-state index in [-0.39, 0.29) is 23.5 Å². The Morgan fingerprint density at radius 3 is 2.26 bits per heavy atom. The van der Waals surface area contributed by atoms with Gasteiger partial charge in [0.1, 0.15) is 5.57 Å². The molecule has 0 aromatic heterocycles. The largest absolute Gasteiger partial charge is 0.493 e. The molecule has 1 aliphatic heterocycles. The minimum atomic E-state index is -0.778. The second-order valence-corrected chi connectivity index (χ2v) is 14.1. The number of barbiturate groups is 1. The zero-order chi connectivity index (χ0) is 32.0. The average Bonchev–Trinajstić information content (AvgIpc) is 3.02. The van der Waals surface area contributed by atoms with Crippen LogP contribution in [-0.4, -0.2) is 37.5 Å². The van der Waals surface area contributed by atoms with Crippen LogP contribution in [0.3, 0.4) is 0 Å². The average molecular weight is 732 g/mol. The van der Waals surface area contributed by atoms with Crippen LogP contribution in [0, 0.1) is 21.3 Å². The molecule has 8 rings (SSSR count). The van der Waals surface area contributed by atoms with E-state index in [1.54, 1.807) is 24.3 Å². The zero-order valence-electron chi connectivity index (χ0n) is 25.4. The molecule has 4 aliphatic carbocycles. The van der Waals surface area contributed by atoms with E-state index in [0.717, 1.165) is 22.7 Å². The molecular weight excluding hydrogens is 697 g/mol. The van der Waals surface area contributed by atoms with Gasteiger partial charge in [-0.05, 0) is 138 Å². The van der Waals surface area contributed by atoms with Crippen molar-refractivity contribution in [1.82, 2.24) is 5.32 Å². The summed E-state index contributed by atoms with van der Waals surface area (Å²) >= 11 is 2.05. The van der Waals surface area contributed by atoms with Gasteiger partial charge in [0.05, 0.1) is 16.4 Å². The Hall–Kier alpha value is -4.19. The van der Waals surface area contributed by atoms with Crippen LogP contribution in [0.1, 0.15) is 49.7 Å². The van der Waals surface area contributed by atoms with Crippen LogP contribution in [0.5, 0.6) is 11.5 Å². The minimum absolute atomic E-state index is 0.182. The quantitative estimate of drug-likeness (QED) is 0.157. The molecule has 2 N–H and O–H groups in total. The standard InChI is InChI=1S/C36H34IN3O6/c1-45-30-16-21(15-29(37)32(30)46-20-31(41)38-26-5-3-2-4-6-26)14-28-33(42)39-35(44)40(34(28)43)27-9-7-25(8-10-27)36-17-22-11-23(18-36)13-24(12-22)19-36/h2-10,14-16,22-24H,11-13,17-20H2,1H3,(H,38,41)(H,39,42,44)/b28-14+. The molecule has 4 saturated carbocycles. The Morgan fingerprint density at radius 1 is 0.978 bits per heavy atom. The lowest BCUT2D eigenvalue weighted by Gasteiger charge is -2.57. The first kappa shape index (κ1) is 30.5. The van der Waals surface area contributed by atoms with E-state index in [4.69, 9.17) is 9.47 Å². The number of carbonyl (C=O) groups excluding carboxylic acids is 4. The number of imide groups is 2.